The van der Waals surface area contributed by atoms with Crippen molar-refractivity contribution in [1.82, 2.24) is 0 Å². The van der Waals surface area contributed by atoms with Gasteiger partial charge in [-0.2, -0.15) is 0 Å². The summed E-state index contributed by atoms with van der Waals surface area (Å²) < 4.78 is 23.1. The molecule has 1 aliphatic carbocycles. The number of aliphatic hydroxyl groups excluding tert-OH is 1. The molecule has 1 rings (SSSR count). The lowest BCUT2D eigenvalue weighted by Gasteiger charge is -2.20. The van der Waals surface area contributed by atoms with E-state index < -0.39 is 21.2 Å². The molecule has 3 nitrogen and oxygen atoms in total. The summed E-state index contributed by atoms with van der Waals surface area (Å²) in [6, 6.07) is 0. The lowest BCUT2D eigenvalue weighted by atomic mass is 10.1. The first kappa shape index (κ1) is 11.0. The van der Waals surface area contributed by atoms with Crippen LogP contribution in [-0.4, -0.2) is 30.6 Å². The summed E-state index contributed by atoms with van der Waals surface area (Å²) in [5.41, 5.74) is 0. The van der Waals surface area contributed by atoms with Gasteiger partial charge < -0.3 is 5.11 Å². The molecule has 4 heteroatoms. The summed E-state index contributed by atoms with van der Waals surface area (Å²) in [5, 5.41) is 9.20. The van der Waals surface area contributed by atoms with Gasteiger partial charge in [0.25, 0.3) is 0 Å². The van der Waals surface area contributed by atoms with E-state index in [4.69, 9.17) is 0 Å². The molecule has 0 bridgehead atoms. The smallest absolute Gasteiger partial charge is 0.155 e. The van der Waals surface area contributed by atoms with Crippen molar-refractivity contribution < 1.29 is 13.5 Å². The number of rotatable bonds is 5. The summed E-state index contributed by atoms with van der Waals surface area (Å²) in [7, 11) is -3.06. The fourth-order valence-electron chi connectivity index (χ4n) is 1.66. The Hall–Kier alpha value is -0.0900. The molecular weight excluding hydrogens is 188 g/mol. The molecule has 0 radical (unpaired) electrons. The van der Waals surface area contributed by atoms with Gasteiger partial charge in [-0.05, 0) is 25.2 Å². The van der Waals surface area contributed by atoms with Crippen molar-refractivity contribution in [3.8, 4) is 0 Å². The molecule has 13 heavy (non-hydrogen) atoms. The maximum atomic E-state index is 11.5. The highest BCUT2D eigenvalue weighted by molar-refractivity contribution is 7.92. The molecule has 0 aromatic heterocycles. The Balaban J connectivity index is 2.71. The normalized spacial score (nSPS) is 22.7. The summed E-state index contributed by atoms with van der Waals surface area (Å²) in [4.78, 5) is 0. The van der Waals surface area contributed by atoms with Crippen molar-refractivity contribution in [3.05, 3.63) is 0 Å². The third kappa shape index (κ3) is 2.44. The Morgan fingerprint density at radius 1 is 1.38 bits per heavy atom. The molecule has 0 saturated heterocycles. The minimum absolute atomic E-state index is 0.134. The predicted octanol–water partition coefficient (Wildman–Crippen LogP) is 0.971. The maximum Gasteiger partial charge on any atom is 0.155 e. The van der Waals surface area contributed by atoms with Crippen molar-refractivity contribution >= 4 is 9.84 Å². The Labute approximate surface area is 80.1 Å². The standard InChI is InChI=1S/C9H18O3S/c1-3-8(13(11,12)4-2)9(10)7-5-6-7/h7-10H,3-6H2,1-2H3. The molecule has 2 unspecified atom stereocenters. The molecule has 0 spiro atoms. The Bertz CT molecular complexity index is 254. The average Bonchev–Trinajstić information content (AvgIpc) is 2.87. The molecule has 78 valence electrons. The molecule has 1 aliphatic rings. The number of aliphatic hydroxyl groups is 1. The highest BCUT2D eigenvalue weighted by Gasteiger charge is 2.39. The summed E-state index contributed by atoms with van der Waals surface area (Å²) in [5.74, 6) is 0.376. The number of sulfone groups is 1. The molecule has 1 N–H and O–H groups in total. The fourth-order valence-corrected chi connectivity index (χ4v) is 3.25. The van der Waals surface area contributed by atoms with Gasteiger partial charge in [-0.1, -0.05) is 13.8 Å². The van der Waals surface area contributed by atoms with Gasteiger partial charge in [0.15, 0.2) is 9.84 Å². The van der Waals surface area contributed by atoms with Crippen LogP contribution in [0.5, 0.6) is 0 Å². The molecule has 0 aromatic carbocycles. The van der Waals surface area contributed by atoms with Crippen LogP contribution in [0.1, 0.15) is 33.1 Å². The molecular formula is C9H18O3S. The van der Waals surface area contributed by atoms with Gasteiger partial charge >= 0.3 is 0 Å². The number of hydrogen-bond acceptors (Lipinski definition) is 3. The van der Waals surface area contributed by atoms with Crippen LogP contribution in [0, 0.1) is 5.92 Å². The van der Waals surface area contributed by atoms with E-state index in [1.54, 1.807) is 6.92 Å². The number of hydrogen-bond donors (Lipinski definition) is 1. The van der Waals surface area contributed by atoms with Crippen LogP contribution in [0.2, 0.25) is 0 Å². The lowest BCUT2D eigenvalue weighted by molar-refractivity contribution is 0.143. The molecule has 1 fully saturated rings. The van der Waals surface area contributed by atoms with Gasteiger partial charge in [0.05, 0.1) is 11.4 Å². The predicted molar refractivity (Wildman–Crippen MR) is 52.3 cm³/mol. The Morgan fingerprint density at radius 3 is 2.23 bits per heavy atom. The molecule has 0 aliphatic heterocycles. The van der Waals surface area contributed by atoms with Gasteiger partial charge in [0.2, 0.25) is 0 Å². The molecule has 0 amide bonds. The van der Waals surface area contributed by atoms with Crippen molar-refractivity contribution in [2.75, 3.05) is 5.75 Å². The van der Waals surface area contributed by atoms with Gasteiger partial charge in [-0.25, -0.2) is 8.42 Å². The zero-order valence-corrected chi connectivity index (χ0v) is 9.05. The van der Waals surface area contributed by atoms with Crippen molar-refractivity contribution in [3.63, 3.8) is 0 Å². The van der Waals surface area contributed by atoms with E-state index in [9.17, 15) is 13.5 Å². The van der Waals surface area contributed by atoms with Crippen molar-refractivity contribution in [2.45, 2.75) is 44.5 Å². The second-order valence-electron chi connectivity index (χ2n) is 3.73. The van der Waals surface area contributed by atoms with Gasteiger partial charge in [-0.3, -0.25) is 0 Å². The van der Waals surface area contributed by atoms with E-state index in [1.165, 1.54) is 0 Å². The molecule has 0 heterocycles. The SMILES string of the molecule is CCC(C(O)C1CC1)S(=O)(=O)CC. The van der Waals surface area contributed by atoms with E-state index in [0.29, 0.717) is 6.42 Å². The first-order chi connectivity index (χ1) is 6.03. The van der Waals surface area contributed by atoms with Crippen molar-refractivity contribution in [1.29, 1.82) is 0 Å². The zero-order chi connectivity index (χ0) is 10.1. The van der Waals surface area contributed by atoms with E-state index in [2.05, 4.69) is 0 Å². The Kier molecular flexibility index (Phi) is 3.35. The van der Waals surface area contributed by atoms with Crippen molar-refractivity contribution in [2.24, 2.45) is 5.92 Å². The van der Waals surface area contributed by atoms with Crippen LogP contribution in [0.4, 0.5) is 0 Å². The lowest BCUT2D eigenvalue weighted by Crippen LogP contribution is -2.36. The first-order valence-corrected chi connectivity index (χ1v) is 6.64. The molecule has 2 atom stereocenters. The van der Waals surface area contributed by atoms with Crippen LogP contribution in [-0.2, 0) is 9.84 Å². The van der Waals surface area contributed by atoms with E-state index in [0.717, 1.165) is 12.8 Å². The minimum atomic E-state index is -3.06. The highest BCUT2D eigenvalue weighted by Crippen LogP contribution is 2.36. The largest absolute Gasteiger partial charge is 0.391 e. The second-order valence-corrected chi connectivity index (χ2v) is 6.23. The zero-order valence-electron chi connectivity index (χ0n) is 8.23. The van der Waals surface area contributed by atoms with Crippen LogP contribution in [0.15, 0.2) is 0 Å². The van der Waals surface area contributed by atoms with Gasteiger partial charge in [0.1, 0.15) is 0 Å². The maximum absolute atomic E-state index is 11.5. The highest BCUT2D eigenvalue weighted by atomic mass is 32.2. The molecule has 1 saturated carbocycles. The summed E-state index contributed by atoms with van der Waals surface area (Å²) in [6.45, 7) is 3.46. The van der Waals surface area contributed by atoms with E-state index in [1.807, 2.05) is 6.92 Å². The summed E-state index contributed by atoms with van der Waals surface area (Å²) >= 11 is 0. The molecule has 0 aromatic rings. The van der Waals surface area contributed by atoms with E-state index >= 15 is 0 Å². The van der Waals surface area contributed by atoms with Crippen LogP contribution < -0.4 is 0 Å². The van der Waals surface area contributed by atoms with Gasteiger partial charge in [0, 0.05) is 5.75 Å². The van der Waals surface area contributed by atoms with E-state index in [-0.39, 0.29) is 11.7 Å². The quantitative estimate of drug-likeness (QED) is 0.729. The van der Waals surface area contributed by atoms with Crippen LogP contribution in [0.3, 0.4) is 0 Å². The third-order valence-electron chi connectivity index (χ3n) is 2.75. The first-order valence-electron chi connectivity index (χ1n) is 4.92. The average molecular weight is 206 g/mol. The minimum Gasteiger partial charge on any atom is -0.391 e. The van der Waals surface area contributed by atoms with Crippen LogP contribution >= 0.6 is 0 Å². The fraction of sp³-hybridized carbons (Fsp3) is 1.00. The monoisotopic (exact) mass is 206 g/mol. The third-order valence-corrected chi connectivity index (χ3v) is 5.09. The second kappa shape index (κ2) is 3.96. The topological polar surface area (TPSA) is 54.4 Å². The van der Waals surface area contributed by atoms with Gasteiger partial charge in [-0.15, -0.1) is 0 Å². The summed E-state index contributed by atoms with van der Waals surface area (Å²) in [6.07, 6.45) is 1.86. The Morgan fingerprint density at radius 2 is 1.92 bits per heavy atom. The van der Waals surface area contributed by atoms with Crippen LogP contribution in [0.25, 0.3) is 0 Å².